The van der Waals surface area contributed by atoms with E-state index in [-0.39, 0.29) is 22.9 Å². The quantitative estimate of drug-likeness (QED) is 0.750. The van der Waals surface area contributed by atoms with Gasteiger partial charge < -0.3 is 15.2 Å². The fraction of sp³-hybridized carbons (Fsp3) is 0.150. The lowest BCUT2D eigenvalue weighted by molar-refractivity contribution is -0.127. The summed E-state index contributed by atoms with van der Waals surface area (Å²) in [5.41, 5.74) is 2.17. The number of thioether (sulfide) groups is 1. The second-order valence-electron chi connectivity index (χ2n) is 6.12. The Labute approximate surface area is 166 Å². The smallest absolute Gasteiger partial charge is 0.294 e. The van der Waals surface area contributed by atoms with Gasteiger partial charge in [-0.2, -0.15) is 0 Å². The van der Waals surface area contributed by atoms with Gasteiger partial charge in [0, 0.05) is 5.69 Å². The third-order valence-corrected chi connectivity index (χ3v) is 4.89. The zero-order chi connectivity index (χ0) is 20.3. The third kappa shape index (κ3) is 4.34. The molecule has 2 N–H and O–H groups in total. The first-order valence-electron chi connectivity index (χ1n) is 8.36. The molecule has 1 saturated heterocycles. The van der Waals surface area contributed by atoms with Crippen LogP contribution in [-0.2, 0) is 9.59 Å². The topological polar surface area (TPSA) is 95.9 Å². The summed E-state index contributed by atoms with van der Waals surface area (Å²) < 4.78 is 5.04. The summed E-state index contributed by atoms with van der Waals surface area (Å²) in [6.45, 7) is 1.53. The van der Waals surface area contributed by atoms with Crippen molar-refractivity contribution in [1.29, 1.82) is 0 Å². The van der Waals surface area contributed by atoms with E-state index < -0.39 is 17.1 Å². The number of nitrogens with one attached hydrogen (secondary N) is 1. The van der Waals surface area contributed by atoms with Crippen molar-refractivity contribution < 1.29 is 24.2 Å². The number of methoxy groups -OCH3 is 1. The Morgan fingerprint density at radius 1 is 1.25 bits per heavy atom. The summed E-state index contributed by atoms with van der Waals surface area (Å²) in [6.07, 6.45) is 1.52. The van der Waals surface area contributed by atoms with Crippen LogP contribution in [0.15, 0.2) is 47.4 Å². The maximum atomic E-state index is 12.5. The van der Waals surface area contributed by atoms with Crippen LogP contribution in [0.2, 0.25) is 0 Å². The Bertz CT molecular complexity index is 986. The highest BCUT2D eigenvalue weighted by Gasteiger charge is 2.36. The fourth-order valence-corrected chi connectivity index (χ4v) is 3.48. The number of ether oxygens (including phenoxy) is 1. The molecular formula is C20H18N2O5S. The number of anilines is 1. The van der Waals surface area contributed by atoms with Crippen molar-refractivity contribution in [1.82, 2.24) is 4.90 Å². The molecule has 0 spiro atoms. The van der Waals surface area contributed by atoms with Crippen LogP contribution in [0.1, 0.15) is 11.1 Å². The number of aromatic hydroxyl groups is 1. The number of imide groups is 1. The minimum atomic E-state index is -0.540. The van der Waals surface area contributed by atoms with E-state index >= 15 is 0 Å². The van der Waals surface area contributed by atoms with Gasteiger partial charge in [0.05, 0.1) is 12.0 Å². The normalized spacial score (nSPS) is 15.2. The number of hydrogen-bond acceptors (Lipinski definition) is 6. The van der Waals surface area contributed by atoms with Crippen molar-refractivity contribution in [3.8, 4) is 11.5 Å². The molecule has 0 atom stereocenters. The van der Waals surface area contributed by atoms with E-state index in [1.54, 1.807) is 30.3 Å². The molecule has 7 nitrogen and oxygen atoms in total. The second kappa shape index (κ2) is 8.18. The van der Waals surface area contributed by atoms with Gasteiger partial charge in [0.2, 0.25) is 5.91 Å². The highest BCUT2D eigenvalue weighted by molar-refractivity contribution is 8.18. The predicted octanol–water partition coefficient (Wildman–Crippen LogP) is 3.38. The Morgan fingerprint density at radius 2 is 2.04 bits per heavy atom. The molecule has 0 aliphatic carbocycles. The number of phenols is 1. The summed E-state index contributed by atoms with van der Waals surface area (Å²) in [4.78, 5) is 38.1. The summed E-state index contributed by atoms with van der Waals surface area (Å²) in [6, 6.07) is 11.8. The monoisotopic (exact) mass is 398 g/mol. The van der Waals surface area contributed by atoms with Crippen LogP contribution in [0.25, 0.3) is 6.08 Å². The van der Waals surface area contributed by atoms with Gasteiger partial charge in [0.25, 0.3) is 11.1 Å². The lowest BCUT2D eigenvalue weighted by Gasteiger charge is -2.12. The fourth-order valence-electron chi connectivity index (χ4n) is 2.64. The summed E-state index contributed by atoms with van der Waals surface area (Å²) >= 11 is 0.760. The van der Waals surface area contributed by atoms with Crippen molar-refractivity contribution in [3.63, 3.8) is 0 Å². The van der Waals surface area contributed by atoms with Crippen molar-refractivity contribution in [2.24, 2.45) is 0 Å². The van der Waals surface area contributed by atoms with Crippen LogP contribution in [0.5, 0.6) is 11.5 Å². The van der Waals surface area contributed by atoms with E-state index in [9.17, 15) is 19.5 Å². The van der Waals surface area contributed by atoms with Crippen LogP contribution >= 0.6 is 11.8 Å². The first-order valence-corrected chi connectivity index (χ1v) is 9.18. The zero-order valence-electron chi connectivity index (χ0n) is 15.3. The number of phenolic OH excluding ortho intramolecular Hbond substituents is 1. The highest BCUT2D eigenvalue weighted by Crippen LogP contribution is 2.34. The van der Waals surface area contributed by atoms with Crippen molar-refractivity contribution in [3.05, 3.63) is 58.5 Å². The van der Waals surface area contributed by atoms with E-state index in [0.29, 0.717) is 11.3 Å². The molecule has 2 aromatic rings. The highest BCUT2D eigenvalue weighted by atomic mass is 32.2. The molecule has 8 heteroatoms. The number of benzene rings is 2. The molecule has 1 fully saturated rings. The maximum absolute atomic E-state index is 12.5. The molecular weight excluding hydrogens is 380 g/mol. The molecule has 0 bridgehead atoms. The lowest BCUT2D eigenvalue weighted by Crippen LogP contribution is -2.36. The zero-order valence-corrected chi connectivity index (χ0v) is 16.1. The van der Waals surface area contributed by atoms with Crippen LogP contribution in [0.4, 0.5) is 10.5 Å². The number of hydrogen-bond donors (Lipinski definition) is 2. The molecule has 144 valence electrons. The Morgan fingerprint density at radius 3 is 2.75 bits per heavy atom. The average Bonchev–Trinajstić information content (AvgIpc) is 2.90. The SMILES string of the molecule is COc1cc(/C=C2\SC(=O)N(CC(=O)Nc3cccc(C)c3)C2=O)ccc1O. The molecule has 0 unspecified atom stereocenters. The van der Waals surface area contributed by atoms with E-state index in [2.05, 4.69) is 5.32 Å². The summed E-state index contributed by atoms with van der Waals surface area (Å²) in [7, 11) is 1.42. The van der Waals surface area contributed by atoms with E-state index in [4.69, 9.17) is 4.74 Å². The summed E-state index contributed by atoms with van der Waals surface area (Å²) in [5.74, 6) is -0.770. The second-order valence-corrected chi connectivity index (χ2v) is 7.11. The third-order valence-electron chi connectivity index (χ3n) is 3.98. The van der Waals surface area contributed by atoms with Gasteiger partial charge in [0.15, 0.2) is 11.5 Å². The Hall–Kier alpha value is -3.26. The molecule has 0 radical (unpaired) electrons. The first kappa shape index (κ1) is 19.5. The molecule has 1 heterocycles. The maximum Gasteiger partial charge on any atom is 0.294 e. The molecule has 1 aliphatic rings. The van der Waals surface area contributed by atoms with Crippen molar-refractivity contribution in [2.45, 2.75) is 6.92 Å². The number of aryl methyl sites for hydroxylation is 1. The van der Waals surface area contributed by atoms with Gasteiger partial charge in [-0.3, -0.25) is 19.3 Å². The number of rotatable bonds is 5. The average molecular weight is 398 g/mol. The van der Waals surface area contributed by atoms with Crippen LogP contribution in [-0.4, -0.2) is 40.7 Å². The van der Waals surface area contributed by atoms with Gasteiger partial charge in [-0.15, -0.1) is 0 Å². The minimum Gasteiger partial charge on any atom is -0.504 e. The van der Waals surface area contributed by atoms with Gasteiger partial charge in [0.1, 0.15) is 6.54 Å². The Kier molecular flexibility index (Phi) is 5.70. The van der Waals surface area contributed by atoms with E-state index in [1.807, 2.05) is 13.0 Å². The van der Waals surface area contributed by atoms with Crippen molar-refractivity contribution >= 4 is 40.6 Å². The van der Waals surface area contributed by atoms with E-state index in [1.165, 1.54) is 19.3 Å². The minimum absolute atomic E-state index is 0.0272. The predicted molar refractivity (Wildman–Crippen MR) is 107 cm³/mol. The van der Waals surface area contributed by atoms with Crippen LogP contribution in [0, 0.1) is 6.92 Å². The van der Waals surface area contributed by atoms with Gasteiger partial charge in [-0.05, 0) is 60.2 Å². The van der Waals surface area contributed by atoms with Gasteiger partial charge in [-0.1, -0.05) is 18.2 Å². The first-order chi connectivity index (χ1) is 13.4. The number of amides is 3. The molecule has 0 saturated carbocycles. The van der Waals surface area contributed by atoms with Crippen molar-refractivity contribution in [2.75, 3.05) is 19.0 Å². The molecule has 3 amide bonds. The molecule has 0 aromatic heterocycles. The molecule has 1 aliphatic heterocycles. The van der Waals surface area contributed by atoms with E-state index in [0.717, 1.165) is 22.2 Å². The number of nitrogens with zero attached hydrogens (tertiary/aromatic N) is 1. The Balaban J connectivity index is 1.72. The summed E-state index contributed by atoms with van der Waals surface area (Å²) in [5, 5.41) is 11.8. The largest absolute Gasteiger partial charge is 0.504 e. The van der Waals surface area contributed by atoms with Gasteiger partial charge >= 0.3 is 0 Å². The van der Waals surface area contributed by atoms with Crippen LogP contribution < -0.4 is 10.1 Å². The number of carbonyl (C=O) groups is 3. The number of carbonyl (C=O) groups excluding carboxylic acids is 3. The lowest BCUT2D eigenvalue weighted by atomic mass is 10.2. The molecule has 2 aromatic carbocycles. The standard InChI is InChI=1S/C20H18N2O5S/c1-12-4-3-5-14(8-12)21-18(24)11-22-19(25)17(28-20(22)26)10-13-6-7-15(23)16(9-13)27-2/h3-10,23H,11H2,1-2H3,(H,21,24)/b17-10-. The van der Waals surface area contributed by atoms with Crippen LogP contribution in [0.3, 0.4) is 0 Å². The molecule has 28 heavy (non-hydrogen) atoms. The van der Waals surface area contributed by atoms with Gasteiger partial charge in [-0.25, -0.2) is 0 Å². The molecule has 3 rings (SSSR count).